The molecule has 0 aliphatic heterocycles. The van der Waals surface area contributed by atoms with Crippen LogP contribution in [0.4, 0.5) is 5.69 Å². The Morgan fingerprint density at radius 3 is 2.45 bits per heavy atom. The summed E-state index contributed by atoms with van der Waals surface area (Å²) in [4.78, 5) is 29.6. The number of halogens is 3. The van der Waals surface area contributed by atoms with Crippen molar-refractivity contribution in [2.75, 3.05) is 11.9 Å². The number of furan rings is 1. The maximum Gasteiger partial charge on any atom is 0.339 e. The summed E-state index contributed by atoms with van der Waals surface area (Å²) >= 11 is 18.0. The summed E-state index contributed by atoms with van der Waals surface area (Å²) in [5.74, 6) is -0.788. The predicted molar refractivity (Wildman–Crippen MR) is 120 cm³/mol. The highest BCUT2D eigenvalue weighted by Crippen LogP contribution is 2.33. The lowest BCUT2D eigenvalue weighted by atomic mass is 10.1. The number of ether oxygens (including phenoxy) is 1. The predicted octanol–water partition coefficient (Wildman–Crippen LogP) is 6.25. The molecule has 156 valence electrons. The number of para-hydroxylation sites is 1. The van der Waals surface area contributed by atoms with Gasteiger partial charge in [-0.05, 0) is 36.4 Å². The number of pyridine rings is 1. The van der Waals surface area contributed by atoms with Gasteiger partial charge in [0, 0.05) is 10.4 Å². The SMILES string of the molecule is O=C(COC(=O)c1cc(-c2ccco2)nc2ccccc12)Nc1c(Cl)cc(Cl)cc1Cl. The summed E-state index contributed by atoms with van der Waals surface area (Å²) in [6, 6.07) is 15.0. The van der Waals surface area contributed by atoms with E-state index in [1.807, 2.05) is 6.07 Å². The average molecular weight is 476 g/mol. The van der Waals surface area contributed by atoms with Crippen molar-refractivity contribution in [2.24, 2.45) is 0 Å². The van der Waals surface area contributed by atoms with Crippen molar-refractivity contribution in [1.29, 1.82) is 0 Å². The van der Waals surface area contributed by atoms with Crippen molar-refractivity contribution >= 4 is 63.3 Å². The van der Waals surface area contributed by atoms with Crippen molar-refractivity contribution in [1.82, 2.24) is 4.98 Å². The smallest absolute Gasteiger partial charge is 0.339 e. The molecular formula is C22H13Cl3N2O4. The van der Waals surface area contributed by atoms with E-state index >= 15 is 0 Å². The molecule has 0 spiro atoms. The van der Waals surface area contributed by atoms with Crippen molar-refractivity contribution in [3.05, 3.63) is 81.5 Å². The molecule has 4 rings (SSSR count). The van der Waals surface area contributed by atoms with Crippen LogP contribution in [0, 0.1) is 0 Å². The van der Waals surface area contributed by atoms with Crippen LogP contribution < -0.4 is 5.32 Å². The van der Waals surface area contributed by atoms with Crippen LogP contribution in [0.25, 0.3) is 22.4 Å². The van der Waals surface area contributed by atoms with Crippen LogP contribution in [0.15, 0.2) is 65.3 Å². The molecule has 0 bridgehead atoms. The van der Waals surface area contributed by atoms with Crippen molar-refractivity contribution in [3.8, 4) is 11.5 Å². The molecule has 31 heavy (non-hydrogen) atoms. The molecule has 0 saturated heterocycles. The van der Waals surface area contributed by atoms with Crippen molar-refractivity contribution in [2.45, 2.75) is 0 Å². The van der Waals surface area contributed by atoms with E-state index in [0.29, 0.717) is 27.4 Å². The minimum absolute atomic E-state index is 0.167. The molecule has 0 radical (unpaired) electrons. The van der Waals surface area contributed by atoms with E-state index in [2.05, 4.69) is 10.3 Å². The van der Waals surface area contributed by atoms with Gasteiger partial charge >= 0.3 is 5.97 Å². The first-order chi connectivity index (χ1) is 14.9. The second kappa shape index (κ2) is 8.98. The summed E-state index contributed by atoms with van der Waals surface area (Å²) in [7, 11) is 0. The zero-order chi connectivity index (χ0) is 22.0. The highest BCUT2D eigenvalue weighted by molar-refractivity contribution is 6.42. The van der Waals surface area contributed by atoms with Crippen LogP contribution in [-0.2, 0) is 9.53 Å². The number of carbonyl (C=O) groups excluding carboxylic acids is 2. The van der Waals surface area contributed by atoms with Gasteiger partial charge in [-0.15, -0.1) is 0 Å². The normalized spacial score (nSPS) is 10.8. The van der Waals surface area contributed by atoms with Crippen LogP contribution in [0.5, 0.6) is 0 Å². The Kier molecular flexibility index (Phi) is 6.13. The van der Waals surface area contributed by atoms with Gasteiger partial charge in [-0.2, -0.15) is 0 Å². The van der Waals surface area contributed by atoms with E-state index in [1.165, 1.54) is 18.4 Å². The Hall–Kier alpha value is -3.06. The summed E-state index contributed by atoms with van der Waals surface area (Å²) in [5.41, 5.74) is 1.50. The zero-order valence-electron chi connectivity index (χ0n) is 15.7. The Morgan fingerprint density at radius 1 is 1.00 bits per heavy atom. The van der Waals surface area contributed by atoms with E-state index in [1.54, 1.807) is 36.4 Å². The van der Waals surface area contributed by atoms with Crippen LogP contribution in [-0.4, -0.2) is 23.5 Å². The molecule has 0 aliphatic rings. The minimum Gasteiger partial charge on any atom is -0.463 e. The number of hydrogen-bond donors (Lipinski definition) is 1. The van der Waals surface area contributed by atoms with E-state index in [0.717, 1.165) is 0 Å². The second-order valence-electron chi connectivity index (χ2n) is 6.42. The van der Waals surface area contributed by atoms with E-state index in [-0.39, 0.29) is 21.3 Å². The Balaban J connectivity index is 1.54. The molecule has 1 N–H and O–H groups in total. The summed E-state index contributed by atoms with van der Waals surface area (Å²) in [5, 5.41) is 3.77. The first-order valence-electron chi connectivity index (χ1n) is 8.97. The van der Waals surface area contributed by atoms with Gasteiger partial charge in [-0.1, -0.05) is 53.0 Å². The second-order valence-corrected chi connectivity index (χ2v) is 7.67. The molecule has 0 atom stereocenters. The van der Waals surface area contributed by atoms with Crippen LogP contribution in [0.3, 0.4) is 0 Å². The quantitative estimate of drug-likeness (QED) is 0.345. The Bertz CT molecular complexity index is 1270. The largest absolute Gasteiger partial charge is 0.463 e. The third-order valence-corrected chi connectivity index (χ3v) is 5.13. The zero-order valence-corrected chi connectivity index (χ0v) is 18.0. The molecule has 0 fully saturated rings. The number of aromatic nitrogens is 1. The van der Waals surface area contributed by atoms with Gasteiger partial charge in [-0.3, -0.25) is 4.79 Å². The highest BCUT2D eigenvalue weighted by atomic mass is 35.5. The molecule has 4 aromatic rings. The molecular weight excluding hydrogens is 463 g/mol. The fourth-order valence-electron chi connectivity index (χ4n) is 2.94. The van der Waals surface area contributed by atoms with Crippen molar-refractivity contribution in [3.63, 3.8) is 0 Å². The minimum atomic E-state index is -0.685. The monoisotopic (exact) mass is 474 g/mol. The van der Waals surface area contributed by atoms with Crippen LogP contribution >= 0.6 is 34.8 Å². The van der Waals surface area contributed by atoms with Gasteiger partial charge in [0.05, 0.1) is 33.1 Å². The molecule has 6 nitrogen and oxygen atoms in total. The number of nitrogens with one attached hydrogen (secondary N) is 1. The first-order valence-corrected chi connectivity index (χ1v) is 10.1. The van der Waals surface area contributed by atoms with Gasteiger partial charge in [0.1, 0.15) is 5.69 Å². The number of carbonyl (C=O) groups is 2. The maximum atomic E-state index is 12.8. The molecule has 2 aromatic heterocycles. The molecule has 0 unspecified atom stereocenters. The number of anilines is 1. The lowest BCUT2D eigenvalue weighted by molar-refractivity contribution is -0.119. The summed E-state index contributed by atoms with van der Waals surface area (Å²) in [6.07, 6.45) is 1.52. The van der Waals surface area contributed by atoms with E-state index in [4.69, 9.17) is 44.0 Å². The number of fused-ring (bicyclic) bond motifs is 1. The Labute approximate surface area is 191 Å². The van der Waals surface area contributed by atoms with E-state index in [9.17, 15) is 9.59 Å². The topological polar surface area (TPSA) is 81.4 Å². The fourth-order valence-corrected chi connectivity index (χ4v) is 3.85. The molecule has 1 amide bonds. The first kappa shape index (κ1) is 21.2. The number of amides is 1. The number of hydrogen-bond acceptors (Lipinski definition) is 5. The average Bonchev–Trinajstić information content (AvgIpc) is 3.28. The van der Waals surface area contributed by atoms with Gasteiger partial charge in [-0.25, -0.2) is 9.78 Å². The summed E-state index contributed by atoms with van der Waals surface area (Å²) < 4.78 is 10.6. The lowest BCUT2D eigenvalue weighted by Crippen LogP contribution is -2.21. The van der Waals surface area contributed by atoms with Gasteiger partial charge in [0.2, 0.25) is 0 Å². The Morgan fingerprint density at radius 2 is 1.74 bits per heavy atom. The third-order valence-electron chi connectivity index (χ3n) is 4.32. The van der Waals surface area contributed by atoms with Gasteiger partial charge in [0.25, 0.3) is 5.91 Å². The molecule has 9 heteroatoms. The molecule has 0 aliphatic carbocycles. The number of benzene rings is 2. The number of rotatable bonds is 5. The maximum absolute atomic E-state index is 12.8. The van der Waals surface area contributed by atoms with Gasteiger partial charge < -0.3 is 14.5 Å². The third kappa shape index (κ3) is 4.66. The van der Waals surface area contributed by atoms with Crippen molar-refractivity contribution < 1.29 is 18.7 Å². The fraction of sp³-hybridized carbons (Fsp3) is 0.0455. The van der Waals surface area contributed by atoms with Gasteiger partial charge in [0.15, 0.2) is 12.4 Å². The highest BCUT2D eigenvalue weighted by Gasteiger charge is 2.18. The molecule has 0 saturated carbocycles. The number of nitrogens with zero attached hydrogens (tertiary/aromatic N) is 1. The summed E-state index contributed by atoms with van der Waals surface area (Å²) in [6.45, 7) is -0.541. The number of esters is 1. The van der Waals surface area contributed by atoms with Crippen LogP contribution in [0.2, 0.25) is 15.1 Å². The van der Waals surface area contributed by atoms with E-state index < -0.39 is 18.5 Å². The standard InChI is InChI=1S/C22H13Cl3N2O4/c23-12-8-15(24)21(16(25)9-12)27-20(28)11-31-22(29)14-10-18(19-6-3-7-30-19)26-17-5-2-1-4-13(14)17/h1-10H,11H2,(H,27,28). The molecule has 2 aromatic carbocycles. The lowest BCUT2D eigenvalue weighted by Gasteiger charge is -2.11. The van der Waals surface area contributed by atoms with Crippen LogP contribution in [0.1, 0.15) is 10.4 Å². The molecule has 2 heterocycles.